The quantitative estimate of drug-likeness (QED) is 0.847. The molecule has 0 unspecified atom stereocenters. The first-order valence-electron chi connectivity index (χ1n) is 6.08. The molecule has 1 aromatic heterocycles. The molecule has 3 heteroatoms. The first-order chi connectivity index (χ1) is 7.75. The highest BCUT2D eigenvalue weighted by atomic mass is 19.1. The van der Waals surface area contributed by atoms with Gasteiger partial charge in [0.2, 0.25) is 0 Å². The smallest absolute Gasteiger partial charge is 0.141 e. The van der Waals surface area contributed by atoms with E-state index in [4.69, 9.17) is 0 Å². The Kier molecular flexibility index (Phi) is 3.88. The lowest BCUT2D eigenvalue weighted by molar-refractivity contribution is 0.380. The second kappa shape index (κ2) is 5.39. The molecule has 1 atom stereocenters. The summed E-state index contributed by atoms with van der Waals surface area (Å²) < 4.78 is 12.9. The number of hydrogen-bond donors (Lipinski definition) is 1. The van der Waals surface area contributed by atoms with Crippen molar-refractivity contribution in [3.8, 4) is 0 Å². The fourth-order valence-electron chi connectivity index (χ4n) is 2.46. The van der Waals surface area contributed by atoms with Gasteiger partial charge in [-0.2, -0.15) is 0 Å². The maximum absolute atomic E-state index is 12.9. The molecule has 1 heterocycles. The molecule has 1 fully saturated rings. The highest BCUT2D eigenvalue weighted by Crippen LogP contribution is 2.27. The van der Waals surface area contributed by atoms with E-state index in [1.807, 2.05) is 0 Å². The fourth-order valence-corrected chi connectivity index (χ4v) is 2.46. The van der Waals surface area contributed by atoms with Crippen LogP contribution in [0.25, 0.3) is 0 Å². The van der Waals surface area contributed by atoms with Crippen LogP contribution in [0.3, 0.4) is 0 Å². The van der Waals surface area contributed by atoms with Crippen LogP contribution < -0.4 is 5.32 Å². The summed E-state index contributed by atoms with van der Waals surface area (Å²) in [6.45, 7) is 2.94. The molecule has 2 rings (SSSR count). The van der Waals surface area contributed by atoms with Crippen LogP contribution in [0.4, 0.5) is 4.39 Å². The molecule has 1 aromatic rings. The SMILES string of the molecule is C[C@H](NCc1cncc(F)c1)C1CCCC1. The number of hydrogen-bond acceptors (Lipinski definition) is 2. The molecule has 1 saturated carbocycles. The van der Waals surface area contributed by atoms with Crippen LogP contribution in [0.2, 0.25) is 0 Å². The fraction of sp³-hybridized carbons (Fsp3) is 0.615. The maximum Gasteiger partial charge on any atom is 0.141 e. The molecule has 1 N–H and O–H groups in total. The van der Waals surface area contributed by atoms with Crippen LogP contribution in [0.5, 0.6) is 0 Å². The largest absolute Gasteiger partial charge is 0.310 e. The zero-order chi connectivity index (χ0) is 11.4. The summed E-state index contributed by atoms with van der Waals surface area (Å²) in [5.74, 6) is 0.536. The van der Waals surface area contributed by atoms with Crippen molar-refractivity contribution in [1.29, 1.82) is 0 Å². The van der Waals surface area contributed by atoms with Crippen molar-refractivity contribution in [3.63, 3.8) is 0 Å². The molecule has 1 aliphatic rings. The monoisotopic (exact) mass is 222 g/mol. The Morgan fingerprint density at radius 3 is 2.88 bits per heavy atom. The van der Waals surface area contributed by atoms with Crippen LogP contribution in [0.1, 0.15) is 38.2 Å². The number of rotatable bonds is 4. The van der Waals surface area contributed by atoms with Gasteiger partial charge < -0.3 is 5.32 Å². The van der Waals surface area contributed by atoms with E-state index in [0.717, 1.165) is 11.5 Å². The first-order valence-corrected chi connectivity index (χ1v) is 6.08. The minimum Gasteiger partial charge on any atom is -0.310 e. The van der Waals surface area contributed by atoms with Crippen molar-refractivity contribution >= 4 is 0 Å². The molecule has 0 saturated heterocycles. The Balaban J connectivity index is 1.82. The van der Waals surface area contributed by atoms with Gasteiger partial charge in [-0.3, -0.25) is 4.98 Å². The third-order valence-corrected chi connectivity index (χ3v) is 3.50. The molecule has 0 aliphatic heterocycles. The summed E-state index contributed by atoms with van der Waals surface area (Å²) in [6, 6.07) is 2.06. The normalized spacial score (nSPS) is 18.9. The van der Waals surface area contributed by atoms with E-state index in [1.165, 1.54) is 31.9 Å². The molecular weight excluding hydrogens is 203 g/mol. The Morgan fingerprint density at radius 1 is 1.44 bits per heavy atom. The van der Waals surface area contributed by atoms with Gasteiger partial charge in [-0.15, -0.1) is 0 Å². The van der Waals surface area contributed by atoms with Gasteiger partial charge in [0.05, 0.1) is 6.20 Å². The number of nitrogens with one attached hydrogen (secondary N) is 1. The van der Waals surface area contributed by atoms with Gasteiger partial charge in [0.1, 0.15) is 5.82 Å². The van der Waals surface area contributed by atoms with E-state index in [9.17, 15) is 4.39 Å². The summed E-state index contributed by atoms with van der Waals surface area (Å²) in [7, 11) is 0. The molecule has 16 heavy (non-hydrogen) atoms. The third-order valence-electron chi connectivity index (χ3n) is 3.50. The standard InChI is InChI=1S/C13H19FN2/c1-10(12-4-2-3-5-12)16-8-11-6-13(14)9-15-7-11/h6-7,9-10,12,16H,2-5,8H2,1H3/t10-/m0/s1. The zero-order valence-electron chi connectivity index (χ0n) is 9.75. The number of aromatic nitrogens is 1. The van der Waals surface area contributed by atoms with Gasteiger partial charge in [-0.25, -0.2) is 4.39 Å². The zero-order valence-corrected chi connectivity index (χ0v) is 9.75. The maximum atomic E-state index is 12.9. The topological polar surface area (TPSA) is 24.9 Å². The van der Waals surface area contributed by atoms with Crippen molar-refractivity contribution in [2.45, 2.75) is 45.2 Å². The van der Waals surface area contributed by atoms with Crippen LogP contribution in [-0.2, 0) is 6.54 Å². The Labute approximate surface area is 96.3 Å². The van der Waals surface area contributed by atoms with Crippen molar-refractivity contribution < 1.29 is 4.39 Å². The lowest BCUT2D eigenvalue weighted by Crippen LogP contribution is -2.31. The molecule has 1 aliphatic carbocycles. The van der Waals surface area contributed by atoms with Crippen LogP contribution in [-0.4, -0.2) is 11.0 Å². The molecule has 0 spiro atoms. The van der Waals surface area contributed by atoms with E-state index >= 15 is 0 Å². The van der Waals surface area contributed by atoms with Gasteiger partial charge in [-0.1, -0.05) is 12.8 Å². The predicted octanol–water partition coefficient (Wildman–Crippen LogP) is 2.89. The van der Waals surface area contributed by atoms with Crippen LogP contribution in [0.15, 0.2) is 18.5 Å². The summed E-state index contributed by atoms with van der Waals surface area (Å²) in [5, 5.41) is 3.46. The number of nitrogens with zero attached hydrogens (tertiary/aromatic N) is 1. The van der Waals surface area contributed by atoms with E-state index < -0.39 is 0 Å². The van der Waals surface area contributed by atoms with E-state index in [1.54, 1.807) is 12.3 Å². The van der Waals surface area contributed by atoms with Crippen molar-refractivity contribution in [2.24, 2.45) is 5.92 Å². The van der Waals surface area contributed by atoms with Crippen molar-refractivity contribution in [2.75, 3.05) is 0 Å². The van der Waals surface area contributed by atoms with Gasteiger partial charge >= 0.3 is 0 Å². The molecule has 88 valence electrons. The molecule has 2 nitrogen and oxygen atoms in total. The minimum absolute atomic E-state index is 0.257. The molecule has 0 amide bonds. The average molecular weight is 222 g/mol. The van der Waals surface area contributed by atoms with Crippen LogP contribution in [0, 0.1) is 11.7 Å². The van der Waals surface area contributed by atoms with Gasteiger partial charge in [-0.05, 0) is 37.3 Å². The number of pyridine rings is 1. The van der Waals surface area contributed by atoms with Crippen molar-refractivity contribution in [3.05, 3.63) is 29.8 Å². The molecule has 0 radical (unpaired) electrons. The average Bonchev–Trinajstić information content (AvgIpc) is 2.79. The van der Waals surface area contributed by atoms with E-state index in [2.05, 4.69) is 17.2 Å². The number of halogens is 1. The van der Waals surface area contributed by atoms with E-state index in [-0.39, 0.29) is 5.82 Å². The molecular formula is C13H19FN2. The Hall–Kier alpha value is -0.960. The second-order valence-corrected chi connectivity index (χ2v) is 4.73. The minimum atomic E-state index is -0.257. The summed E-state index contributed by atoms with van der Waals surface area (Å²) >= 11 is 0. The predicted molar refractivity (Wildman–Crippen MR) is 62.5 cm³/mol. The summed E-state index contributed by atoms with van der Waals surface area (Å²) in [5.41, 5.74) is 0.921. The van der Waals surface area contributed by atoms with Crippen molar-refractivity contribution in [1.82, 2.24) is 10.3 Å². The Morgan fingerprint density at radius 2 is 2.19 bits per heavy atom. The second-order valence-electron chi connectivity index (χ2n) is 4.73. The van der Waals surface area contributed by atoms with E-state index in [0.29, 0.717) is 12.6 Å². The highest BCUT2D eigenvalue weighted by molar-refractivity contribution is 5.09. The highest BCUT2D eigenvalue weighted by Gasteiger charge is 2.20. The summed E-state index contributed by atoms with van der Waals surface area (Å²) in [6.07, 6.45) is 8.34. The lowest BCUT2D eigenvalue weighted by atomic mass is 10.00. The van der Waals surface area contributed by atoms with Gasteiger partial charge in [0, 0.05) is 18.8 Å². The Bertz CT molecular complexity index is 334. The van der Waals surface area contributed by atoms with Gasteiger partial charge in [0.25, 0.3) is 0 Å². The van der Waals surface area contributed by atoms with Crippen LogP contribution >= 0.6 is 0 Å². The summed E-state index contributed by atoms with van der Waals surface area (Å²) in [4.78, 5) is 3.84. The molecule has 0 aromatic carbocycles. The van der Waals surface area contributed by atoms with Gasteiger partial charge in [0.15, 0.2) is 0 Å². The lowest BCUT2D eigenvalue weighted by Gasteiger charge is -2.20. The third kappa shape index (κ3) is 3.01. The molecule has 0 bridgehead atoms. The first kappa shape index (κ1) is 11.5.